The maximum Gasteiger partial charge on any atom is 0.253 e. The lowest BCUT2D eigenvalue weighted by molar-refractivity contribution is -0.120. The molecule has 2 aromatic carbocycles. The van der Waals surface area contributed by atoms with Crippen molar-refractivity contribution in [3.63, 3.8) is 0 Å². The summed E-state index contributed by atoms with van der Waals surface area (Å²) in [4.78, 5) is 13.1. The first kappa shape index (κ1) is 17.2. The Labute approximate surface area is 140 Å². The highest BCUT2D eigenvalue weighted by Crippen LogP contribution is 2.23. The van der Waals surface area contributed by atoms with E-state index in [9.17, 15) is 9.18 Å². The monoisotopic (exact) mass is 330 g/mol. The van der Waals surface area contributed by atoms with Crippen LogP contribution in [0.15, 0.2) is 58.5 Å². The van der Waals surface area contributed by atoms with E-state index in [2.05, 4.69) is 10.5 Å². The van der Waals surface area contributed by atoms with Crippen LogP contribution >= 0.6 is 11.8 Å². The van der Waals surface area contributed by atoms with E-state index in [4.69, 9.17) is 0 Å². The number of hydrazone groups is 1. The first-order valence-electron chi connectivity index (χ1n) is 7.29. The van der Waals surface area contributed by atoms with Crippen LogP contribution in [0.25, 0.3) is 0 Å². The number of rotatable bonds is 5. The van der Waals surface area contributed by atoms with Gasteiger partial charge in [0, 0.05) is 4.90 Å². The number of carbonyl (C=O) groups is 1. The molecule has 0 fully saturated rings. The molecule has 5 heteroatoms. The van der Waals surface area contributed by atoms with Crippen molar-refractivity contribution in [1.82, 2.24) is 5.43 Å². The number of carbonyl (C=O) groups excluding carboxylic acids is 1. The Bertz CT molecular complexity index is 696. The fourth-order valence-corrected chi connectivity index (χ4v) is 2.72. The fraction of sp³-hybridized carbons (Fsp3) is 0.222. The third-order valence-corrected chi connectivity index (χ3v) is 4.41. The summed E-state index contributed by atoms with van der Waals surface area (Å²) in [7, 11) is 0. The summed E-state index contributed by atoms with van der Waals surface area (Å²) in [5.74, 6) is -0.467. The van der Waals surface area contributed by atoms with E-state index in [1.807, 2.05) is 38.1 Å². The van der Waals surface area contributed by atoms with Crippen LogP contribution in [0.1, 0.15) is 25.0 Å². The number of halogens is 1. The highest BCUT2D eigenvalue weighted by Gasteiger charge is 2.14. The van der Waals surface area contributed by atoms with Crippen LogP contribution in [0.3, 0.4) is 0 Å². The van der Waals surface area contributed by atoms with E-state index in [1.54, 1.807) is 19.1 Å². The van der Waals surface area contributed by atoms with Gasteiger partial charge in [-0.15, -0.1) is 11.8 Å². The Morgan fingerprint density at radius 3 is 2.35 bits per heavy atom. The average Bonchev–Trinajstić information content (AvgIpc) is 2.55. The van der Waals surface area contributed by atoms with Gasteiger partial charge in [0.05, 0.1) is 11.0 Å². The van der Waals surface area contributed by atoms with Crippen molar-refractivity contribution in [2.75, 3.05) is 0 Å². The summed E-state index contributed by atoms with van der Waals surface area (Å²) in [6, 6.07) is 14.0. The van der Waals surface area contributed by atoms with Gasteiger partial charge >= 0.3 is 0 Å². The zero-order valence-corrected chi connectivity index (χ0v) is 14.2. The Hall–Kier alpha value is -2.14. The summed E-state index contributed by atoms with van der Waals surface area (Å²) in [5.41, 5.74) is 5.15. The van der Waals surface area contributed by atoms with Crippen molar-refractivity contribution in [3.8, 4) is 0 Å². The Kier molecular flexibility index (Phi) is 5.93. The zero-order valence-electron chi connectivity index (χ0n) is 13.3. The molecule has 0 aliphatic carbocycles. The molecular weight excluding hydrogens is 311 g/mol. The average molecular weight is 330 g/mol. The van der Waals surface area contributed by atoms with Gasteiger partial charge in [-0.2, -0.15) is 5.10 Å². The summed E-state index contributed by atoms with van der Waals surface area (Å²) >= 11 is 1.48. The Morgan fingerprint density at radius 1 is 1.13 bits per heavy atom. The van der Waals surface area contributed by atoms with Crippen LogP contribution in [0.5, 0.6) is 0 Å². The quantitative estimate of drug-likeness (QED) is 0.508. The van der Waals surface area contributed by atoms with Crippen molar-refractivity contribution < 1.29 is 9.18 Å². The molecule has 2 aromatic rings. The van der Waals surface area contributed by atoms with Gasteiger partial charge in [0.2, 0.25) is 0 Å². The molecule has 2 rings (SSSR count). The van der Waals surface area contributed by atoms with Crippen LogP contribution in [-0.4, -0.2) is 16.9 Å². The summed E-state index contributed by atoms with van der Waals surface area (Å²) in [6.45, 7) is 5.63. The predicted molar refractivity (Wildman–Crippen MR) is 93.3 cm³/mol. The van der Waals surface area contributed by atoms with Crippen LogP contribution in [0.2, 0.25) is 0 Å². The number of benzene rings is 2. The molecule has 23 heavy (non-hydrogen) atoms. The lowest BCUT2D eigenvalue weighted by Gasteiger charge is -2.10. The lowest BCUT2D eigenvalue weighted by Crippen LogP contribution is -2.27. The first-order chi connectivity index (χ1) is 11.0. The lowest BCUT2D eigenvalue weighted by atomic mass is 10.1. The van der Waals surface area contributed by atoms with Crippen molar-refractivity contribution in [3.05, 3.63) is 65.5 Å². The molecule has 0 bridgehead atoms. The molecule has 0 unspecified atom stereocenters. The number of nitrogens with one attached hydrogen (secondary N) is 1. The number of amides is 1. The van der Waals surface area contributed by atoms with Crippen LogP contribution in [0, 0.1) is 12.7 Å². The van der Waals surface area contributed by atoms with E-state index >= 15 is 0 Å². The summed E-state index contributed by atoms with van der Waals surface area (Å²) in [5, 5.41) is 3.82. The van der Waals surface area contributed by atoms with E-state index in [0.717, 1.165) is 10.5 Å². The van der Waals surface area contributed by atoms with Gasteiger partial charge in [-0.25, -0.2) is 9.82 Å². The van der Waals surface area contributed by atoms with E-state index < -0.39 is 0 Å². The second-order valence-electron chi connectivity index (χ2n) is 5.25. The van der Waals surface area contributed by atoms with Gasteiger partial charge in [-0.05, 0) is 50.6 Å². The molecule has 120 valence electrons. The highest BCUT2D eigenvalue weighted by molar-refractivity contribution is 8.00. The van der Waals surface area contributed by atoms with Crippen molar-refractivity contribution >= 4 is 23.4 Å². The molecular formula is C18H19FN2OS. The van der Waals surface area contributed by atoms with Crippen LogP contribution in [-0.2, 0) is 4.79 Å². The molecule has 0 saturated heterocycles. The third-order valence-electron chi connectivity index (χ3n) is 3.30. The van der Waals surface area contributed by atoms with Crippen LogP contribution < -0.4 is 5.43 Å². The molecule has 1 amide bonds. The largest absolute Gasteiger partial charge is 0.272 e. The standard InChI is InChI=1S/C18H19FN2OS/c1-12-4-10-17(11-5-12)23-14(3)18(22)21-20-13(2)15-6-8-16(19)9-7-15/h4-11,14H,1-3H3,(H,21,22)/b20-13-/t14-/m0/s1. The zero-order chi connectivity index (χ0) is 16.8. The van der Waals surface area contributed by atoms with E-state index in [1.165, 1.54) is 29.5 Å². The minimum Gasteiger partial charge on any atom is -0.272 e. The molecule has 0 spiro atoms. The van der Waals surface area contributed by atoms with Gasteiger partial charge in [0.1, 0.15) is 5.82 Å². The van der Waals surface area contributed by atoms with Crippen molar-refractivity contribution in [1.29, 1.82) is 0 Å². The Balaban J connectivity index is 1.93. The number of hydrogen-bond donors (Lipinski definition) is 1. The molecule has 0 aromatic heterocycles. The smallest absolute Gasteiger partial charge is 0.253 e. The minimum absolute atomic E-state index is 0.169. The molecule has 3 nitrogen and oxygen atoms in total. The van der Waals surface area contributed by atoms with Gasteiger partial charge in [-0.1, -0.05) is 29.8 Å². The van der Waals surface area contributed by atoms with Gasteiger partial charge in [0.25, 0.3) is 5.91 Å². The number of hydrogen-bond acceptors (Lipinski definition) is 3. The maximum absolute atomic E-state index is 12.9. The Morgan fingerprint density at radius 2 is 1.74 bits per heavy atom. The molecule has 0 aliphatic rings. The molecule has 0 radical (unpaired) electrons. The van der Waals surface area contributed by atoms with Crippen molar-refractivity contribution in [2.45, 2.75) is 30.9 Å². The SMILES string of the molecule is C/C(=N/NC(=O)[C@H](C)Sc1ccc(C)cc1)c1ccc(F)cc1. The normalized spacial score (nSPS) is 12.8. The number of aryl methyl sites for hydroxylation is 1. The molecule has 1 atom stereocenters. The second kappa shape index (κ2) is 7.92. The summed E-state index contributed by atoms with van der Waals surface area (Å²) < 4.78 is 12.9. The first-order valence-corrected chi connectivity index (χ1v) is 8.17. The highest BCUT2D eigenvalue weighted by atomic mass is 32.2. The molecule has 0 aliphatic heterocycles. The third kappa shape index (κ3) is 5.21. The molecule has 0 heterocycles. The molecule has 1 N–H and O–H groups in total. The molecule has 0 saturated carbocycles. The van der Waals surface area contributed by atoms with Gasteiger partial charge < -0.3 is 0 Å². The van der Waals surface area contributed by atoms with Crippen LogP contribution in [0.4, 0.5) is 4.39 Å². The second-order valence-corrected chi connectivity index (χ2v) is 6.67. The fourth-order valence-electron chi connectivity index (χ4n) is 1.86. The van der Waals surface area contributed by atoms with E-state index in [-0.39, 0.29) is 17.0 Å². The number of thioether (sulfide) groups is 1. The maximum atomic E-state index is 12.9. The predicted octanol–water partition coefficient (Wildman–Crippen LogP) is 4.16. The van der Waals surface area contributed by atoms with Gasteiger partial charge in [0.15, 0.2) is 0 Å². The van der Waals surface area contributed by atoms with Gasteiger partial charge in [-0.3, -0.25) is 4.79 Å². The topological polar surface area (TPSA) is 41.5 Å². The number of nitrogens with zero attached hydrogens (tertiary/aromatic N) is 1. The van der Waals surface area contributed by atoms with Crippen molar-refractivity contribution in [2.24, 2.45) is 5.10 Å². The van der Waals surface area contributed by atoms with E-state index in [0.29, 0.717) is 5.71 Å². The summed E-state index contributed by atoms with van der Waals surface area (Å²) in [6.07, 6.45) is 0. The minimum atomic E-state index is -0.297.